The molecule has 0 saturated carbocycles. The van der Waals surface area contributed by atoms with Crippen LogP contribution in [0, 0.1) is 5.92 Å². The molecule has 4 N–H and O–H groups in total. The predicted octanol–water partition coefficient (Wildman–Crippen LogP) is 1.69. The Hall–Kier alpha value is -2.03. The van der Waals surface area contributed by atoms with Gasteiger partial charge in [-0.05, 0) is 46.0 Å². The molecule has 1 rings (SSSR count). The molecule has 0 aromatic carbocycles. The van der Waals surface area contributed by atoms with Crippen molar-refractivity contribution in [1.82, 2.24) is 26.2 Å². The van der Waals surface area contributed by atoms with E-state index in [1.165, 1.54) is 0 Å². The molecule has 9 nitrogen and oxygen atoms in total. The number of carbonyl (C=O) groups is 2. The van der Waals surface area contributed by atoms with Crippen LogP contribution in [0.3, 0.4) is 0 Å². The van der Waals surface area contributed by atoms with Crippen molar-refractivity contribution >= 4 is 18.0 Å². The van der Waals surface area contributed by atoms with Crippen LogP contribution in [0.15, 0.2) is 4.99 Å². The number of amides is 2. The molecule has 1 unspecified atom stereocenters. The van der Waals surface area contributed by atoms with Crippen molar-refractivity contribution in [2.45, 2.75) is 78.5 Å². The van der Waals surface area contributed by atoms with Crippen molar-refractivity contribution in [3.05, 3.63) is 0 Å². The molecule has 1 heterocycles. The number of likely N-dealkylation sites (tertiary alicyclic amines) is 1. The Balaban J connectivity index is 2.42. The lowest BCUT2D eigenvalue weighted by atomic mass is 10.0. The third kappa shape index (κ3) is 11.8. The minimum atomic E-state index is -0.526. The van der Waals surface area contributed by atoms with E-state index in [-0.39, 0.29) is 17.9 Å². The summed E-state index contributed by atoms with van der Waals surface area (Å²) in [6.45, 7) is 15.2. The van der Waals surface area contributed by atoms with Crippen LogP contribution in [-0.2, 0) is 9.53 Å². The quantitative estimate of drug-likeness (QED) is 0.321. The van der Waals surface area contributed by atoms with Crippen molar-refractivity contribution in [2.24, 2.45) is 10.9 Å². The van der Waals surface area contributed by atoms with Crippen molar-refractivity contribution in [3.63, 3.8) is 0 Å². The zero-order valence-corrected chi connectivity index (χ0v) is 20.5. The lowest BCUT2D eigenvalue weighted by Gasteiger charge is -2.33. The van der Waals surface area contributed by atoms with Gasteiger partial charge in [0.2, 0.25) is 5.91 Å². The van der Waals surface area contributed by atoms with Gasteiger partial charge in [-0.2, -0.15) is 0 Å². The number of alkyl carbamates (subject to hydrolysis) is 1. The molecular formula is C22H44N6O3. The second-order valence-electron chi connectivity index (χ2n) is 9.49. The maximum atomic E-state index is 12.1. The van der Waals surface area contributed by atoms with Gasteiger partial charge in [0.25, 0.3) is 0 Å². The topological polar surface area (TPSA) is 107 Å². The van der Waals surface area contributed by atoms with Crippen LogP contribution in [0.5, 0.6) is 0 Å². The summed E-state index contributed by atoms with van der Waals surface area (Å²) in [6, 6.07) is 0.217. The number of nitrogens with one attached hydrogen (secondary N) is 4. The normalized spacial score (nSPS) is 17.2. The molecule has 1 atom stereocenters. The second-order valence-corrected chi connectivity index (χ2v) is 9.49. The summed E-state index contributed by atoms with van der Waals surface area (Å²) in [5.41, 5.74) is -0.526. The van der Waals surface area contributed by atoms with E-state index in [0.717, 1.165) is 44.9 Å². The van der Waals surface area contributed by atoms with Crippen LogP contribution in [0.4, 0.5) is 4.79 Å². The molecule has 1 saturated heterocycles. The summed E-state index contributed by atoms with van der Waals surface area (Å²) in [5, 5.41) is 12.7. The highest BCUT2D eigenvalue weighted by atomic mass is 16.6. The second kappa shape index (κ2) is 13.4. The van der Waals surface area contributed by atoms with Gasteiger partial charge in [-0.1, -0.05) is 20.8 Å². The van der Waals surface area contributed by atoms with Crippen molar-refractivity contribution in [1.29, 1.82) is 0 Å². The monoisotopic (exact) mass is 440 g/mol. The number of carbonyl (C=O) groups excluding carboxylic acids is 2. The van der Waals surface area contributed by atoms with Crippen LogP contribution in [0.25, 0.3) is 0 Å². The smallest absolute Gasteiger partial charge is 0.407 e. The summed E-state index contributed by atoms with van der Waals surface area (Å²) < 4.78 is 5.38. The van der Waals surface area contributed by atoms with E-state index >= 15 is 0 Å². The summed E-state index contributed by atoms with van der Waals surface area (Å²) in [5.74, 6) is 1.05. The molecule has 31 heavy (non-hydrogen) atoms. The maximum absolute atomic E-state index is 12.1. The Morgan fingerprint density at radius 3 is 2.32 bits per heavy atom. The first kappa shape index (κ1) is 27.0. The van der Waals surface area contributed by atoms with Gasteiger partial charge < -0.3 is 26.0 Å². The fraction of sp³-hybridized carbons (Fsp3) is 0.864. The van der Waals surface area contributed by atoms with Crippen molar-refractivity contribution in [2.75, 3.05) is 39.8 Å². The number of hydrogen-bond donors (Lipinski definition) is 4. The molecule has 1 aliphatic heterocycles. The lowest BCUT2D eigenvalue weighted by Crippen LogP contribution is -2.53. The van der Waals surface area contributed by atoms with Gasteiger partial charge in [0.1, 0.15) is 5.60 Å². The Morgan fingerprint density at radius 2 is 1.81 bits per heavy atom. The van der Waals surface area contributed by atoms with Gasteiger partial charge in [0.05, 0.1) is 12.6 Å². The van der Waals surface area contributed by atoms with Crippen LogP contribution in [0.1, 0.15) is 60.8 Å². The molecular weight excluding hydrogens is 396 g/mol. The Labute approximate surface area is 188 Å². The molecule has 0 radical (unpaired) electrons. The Morgan fingerprint density at radius 1 is 1.16 bits per heavy atom. The minimum absolute atomic E-state index is 0.0862. The summed E-state index contributed by atoms with van der Waals surface area (Å²) in [4.78, 5) is 30.5. The molecule has 0 aliphatic carbocycles. The van der Waals surface area contributed by atoms with Crippen LogP contribution in [0.2, 0.25) is 0 Å². The summed E-state index contributed by atoms with van der Waals surface area (Å²) in [6.07, 6.45) is 2.44. The van der Waals surface area contributed by atoms with E-state index in [2.05, 4.69) is 51.9 Å². The van der Waals surface area contributed by atoms with E-state index in [9.17, 15) is 9.59 Å². The first-order valence-electron chi connectivity index (χ1n) is 11.5. The van der Waals surface area contributed by atoms with E-state index in [0.29, 0.717) is 19.1 Å². The zero-order valence-electron chi connectivity index (χ0n) is 20.5. The molecule has 1 fully saturated rings. The number of piperidine rings is 1. The molecule has 0 spiro atoms. The SMILES string of the molecule is CCCNC(=O)CN1CCC(NC(=NC)NCC(NC(=O)OC(C)(C)C)C(C)C)CC1. The van der Waals surface area contributed by atoms with E-state index in [1.807, 2.05) is 20.8 Å². The van der Waals surface area contributed by atoms with Gasteiger partial charge in [-0.3, -0.25) is 14.7 Å². The average Bonchev–Trinajstić information content (AvgIpc) is 2.68. The van der Waals surface area contributed by atoms with Gasteiger partial charge in [-0.25, -0.2) is 4.79 Å². The Kier molecular flexibility index (Phi) is 11.7. The zero-order chi connectivity index (χ0) is 23.4. The van der Waals surface area contributed by atoms with E-state index < -0.39 is 11.7 Å². The molecule has 1 aliphatic rings. The standard InChI is InChI=1S/C22H44N6O3/c1-8-11-24-19(29)15-28-12-9-17(10-13-28)26-20(23-7)25-14-18(16(2)3)27-21(30)31-22(4,5)6/h16-18H,8-15H2,1-7H3,(H,24,29)(H,27,30)(H2,23,25,26). The third-order valence-electron chi connectivity index (χ3n) is 5.09. The molecule has 180 valence electrons. The molecule has 2 amide bonds. The maximum Gasteiger partial charge on any atom is 0.407 e. The number of hydrogen-bond acceptors (Lipinski definition) is 5. The number of nitrogens with zero attached hydrogens (tertiary/aromatic N) is 2. The largest absolute Gasteiger partial charge is 0.444 e. The Bertz CT molecular complexity index is 580. The van der Waals surface area contributed by atoms with Crippen molar-refractivity contribution < 1.29 is 14.3 Å². The van der Waals surface area contributed by atoms with Gasteiger partial charge in [0, 0.05) is 39.3 Å². The highest BCUT2D eigenvalue weighted by Crippen LogP contribution is 2.10. The molecule has 0 aromatic rings. The minimum Gasteiger partial charge on any atom is -0.444 e. The summed E-state index contributed by atoms with van der Waals surface area (Å²) in [7, 11) is 1.74. The lowest BCUT2D eigenvalue weighted by molar-refractivity contribution is -0.122. The highest BCUT2D eigenvalue weighted by molar-refractivity contribution is 5.80. The molecule has 0 bridgehead atoms. The molecule has 9 heteroatoms. The van der Waals surface area contributed by atoms with Gasteiger partial charge >= 0.3 is 6.09 Å². The number of ether oxygens (including phenoxy) is 1. The van der Waals surface area contributed by atoms with Gasteiger partial charge in [-0.15, -0.1) is 0 Å². The van der Waals surface area contributed by atoms with Crippen LogP contribution >= 0.6 is 0 Å². The van der Waals surface area contributed by atoms with E-state index in [4.69, 9.17) is 4.74 Å². The number of rotatable bonds is 9. The fourth-order valence-electron chi connectivity index (χ4n) is 3.27. The van der Waals surface area contributed by atoms with Gasteiger partial charge in [0.15, 0.2) is 5.96 Å². The van der Waals surface area contributed by atoms with Crippen LogP contribution < -0.4 is 21.3 Å². The highest BCUT2D eigenvalue weighted by Gasteiger charge is 2.24. The first-order valence-corrected chi connectivity index (χ1v) is 11.5. The van der Waals surface area contributed by atoms with E-state index in [1.54, 1.807) is 7.05 Å². The third-order valence-corrected chi connectivity index (χ3v) is 5.09. The fourth-order valence-corrected chi connectivity index (χ4v) is 3.27. The summed E-state index contributed by atoms with van der Waals surface area (Å²) >= 11 is 0. The number of aliphatic imine (C=N–C) groups is 1. The predicted molar refractivity (Wildman–Crippen MR) is 125 cm³/mol. The number of guanidine groups is 1. The van der Waals surface area contributed by atoms with Crippen LogP contribution in [-0.4, -0.2) is 80.3 Å². The average molecular weight is 441 g/mol. The molecule has 0 aromatic heterocycles. The van der Waals surface area contributed by atoms with Crippen molar-refractivity contribution in [3.8, 4) is 0 Å². The first-order chi connectivity index (χ1) is 14.5.